The fourth-order valence-corrected chi connectivity index (χ4v) is 2.44. The van der Waals surface area contributed by atoms with Crippen molar-refractivity contribution < 1.29 is 31.9 Å². The molecule has 1 heterocycles. The number of hydrogen-bond donors (Lipinski definition) is 2. The predicted octanol–water partition coefficient (Wildman–Crippen LogP) is 4.38. The Kier molecular flexibility index (Phi) is 5.67. The van der Waals surface area contributed by atoms with Gasteiger partial charge in [-0.2, -0.15) is 13.2 Å². The van der Waals surface area contributed by atoms with E-state index in [1.165, 1.54) is 30.5 Å². The highest BCUT2D eigenvalue weighted by molar-refractivity contribution is 6.04. The first kappa shape index (κ1) is 20.8. The van der Waals surface area contributed by atoms with Gasteiger partial charge < -0.3 is 15.8 Å². The van der Waals surface area contributed by atoms with Crippen molar-refractivity contribution >= 4 is 17.5 Å². The summed E-state index contributed by atoms with van der Waals surface area (Å²) in [6, 6.07) is 10.8. The molecular weight excluding hydrogens is 406 g/mol. The molecule has 0 aliphatic rings. The van der Waals surface area contributed by atoms with E-state index in [0.29, 0.717) is 17.9 Å². The predicted molar refractivity (Wildman–Crippen MR) is 98.6 cm³/mol. The fraction of sp³-hybridized carbons (Fsp3) is 0.0500. The SMILES string of the molecule is NC(=O)c1cccc(Oc2ccc(NC(=O)c3ccc(F)c(C(F)(F)F)c3)cn2)c1. The molecule has 3 N–H and O–H groups in total. The van der Waals surface area contributed by atoms with Gasteiger partial charge in [-0.15, -0.1) is 0 Å². The highest BCUT2D eigenvalue weighted by atomic mass is 19.4. The standard InChI is InChI=1S/C20H13F4N3O3/c21-16-6-4-12(9-15(16)20(22,23)24)19(29)27-13-5-7-17(26-10-13)30-14-3-1-2-11(8-14)18(25)28/h1-10H,(H2,25,28)(H,27,29). The number of carbonyl (C=O) groups is 2. The largest absolute Gasteiger partial charge is 0.439 e. The molecule has 0 fully saturated rings. The third-order valence-corrected chi connectivity index (χ3v) is 3.87. The number of alkyl halides is 3. The Morgan fingerprint density at radius 3 is 2.40 bits per heavy atom. The summed E-state index contributed by atoms with van der Waals surface area (Å²) in [6.45, 7) is 0. The van der Waals surface area contributed by atoms with Crippen LogP contribution in [0.2, 0.25) is 0 Å². The second kappa shape index (κ2) is 8.19. The van der Waals surface area contributed by atoms with Gasteiger partial charge in [0.1, 0.15) is 11.6 Å². The molecule has 0 saturated heterocycles. The smallest absolute Gasteiger partial charge is 0.419 e. The van der Waals surface area contributed by atoms with Crippen molar-refractivity contribution in [3.05, 3.63) is 83.3 Å². The highest BCUT2D eigenvalue weighted by Gasteiger charge is 2.34. The van der Waals surface area contributed by atoms with Crippen LogP contribution in [0.25, 0.3) is 0 Å². The van der Waals surface area contributed by atoms with Crippen molar-refractivity contribution in [1.82, 2.24) is 4.98 Å². The lowest BCUT2D eigenvalue weighted by molar-refractivity contribution is -0.140. The first-order chi connectivity index (χ1) is 14.1. The summed E-state index contributed by atoms with van der Waals surface area (Å²) in [6.07, 6.45) is -3.70. The van der Waals surface area contributed by atoms with Gasteiger partial charge in [0.15, 0.2) is 0 Å². The van der Waals surface area contributed by atoms with Crippen LogP contribution in [0.5, 0.6) is 11.6 Å². The van der Waals surface area contributed by atoms with Crippen molar-refractivity contribution in [2.75, 3.05) is 5.32 Å². The van der Waals surface area contributed by atoms with E-state index in [4.69, 9.17) is 10.5 Å². The normalized spacial score (nSPS) is 11.1. The molecule has 154 valence electrons. The van der Waals surface area contributed by atoms with Crippen molar-refractivity contribution in [3.8, 4) is 11.6 Å². The molecule has 1 aromatic heterocycles. The maximum atomic E-state index is 13.3. The van der Waals surface area contributed by atoms with Gasteiger partial charge in [0.25, 0.3) is 5.91 Å². The van der Waals surface area contributed by atoms with Crippen molar-refractivity contribution in [3.63, 3.8) is 0 Å². The van der Waals surface area contributed by atoms with Crippen LogP contribution in [0.3, 0.4) is 0 Å². The monoisotopic (exact) mass is 419 g/mol. The molecule has 2 aromatic carbocycles. The van der Waals surface area contributed by atoms with Gasteiger partial charge in [0, 0.05) is 17.2 Å². The zero-order valence-electron chi connectivity index (χ0n) is 15.0. The number of amides is 2. The van der Waals surface area contributed by atoms with Crippen molar-refractivity contribution in [2.24, 2.45) is 5.73 Å². The molecule has 3 aromatic rings. The number of primary amides is 1. The van der Waals surface area contributed by atoms with Gasteiger partial charge >= 0.3 is 6.18 Å². The Morgan fingerprint density at radius 1 is 1.00 bits per heavy atom. The Hall–Kier alpha value is -3.95. The third kappa shape index (κ3) is 4.90. The number of hydrogen-bond acceptors (Lipinski definition) is 4. The van der Waals surface area contributed by atoms with E-state index >= 15 is 0 Å². The lowest BCUT2D eigenvalue weighted by Gasteiger charge is -2.11. The molecule has 0 atom stereocenters. The van der Waals surface area contributed by atoms with Crippen LogP contribution in [0.1, 0.15) is 26.3 Å². The minimum Gasteiger partial charge on any atom is -0.439 e. The van der Waals surface area contributed by atoms with E-state index in [1.807, 2.05) is 0 Å². The van der Waals surface area contributed by atoms with Gasteiger partial charge in [-0.05, 0) is 42.5 Å². The highest BCUT2D eigenvalue weighted by Crippen LogP contribution is 2.32. The van der Waals surface area contributed by atoms with Crippen LogP contribution < -0.4 is 15.8 Å². The maximum Gasteiger partial charge on any atom is 0.419 e. The minimum absolute atomic E-state index is 0.135. The first-order valence-corrected chi connectivity index (χ1v) is 8.35. The number of carbonyl (C=O) groups excluding carboxylic acids is 2. The zero-order valence-corrected chi connectivity index (χ0v) is 15.0. The number of nitrogens with two attached hydrogens (primary N) is 1. The number of pyridine rings is 1. The summed E-state index contributed by atoms with van der Waals surface area (Å²) >= 11 is 0. The molecule has 30 heavy (non-hydrogen) atoms. The molecule has 0 bridgehead atoms. The molecule has 0 aliphatic carbocycles. The quantitative estimate of drug-likeness (QED) is 0.600. The van der Waals surface area contributed by atoms with Crippen LogP contribution in [0.4, 0.5) is 23.2 Å². The second-order valence-corrected chi connectivity index (χ2v) is 6.03. The van der Waals surface area contributed by atoms with Gasteiger partial charge in [0.2, 0.25) is 11.8 Å². The number of aromatic nitrogens is 1. The summed E-state index contributed by atoms with van der Waals surface area (Å²) in [5.41, 5.74) is 3.72. The van der Waals surface area contributed by atoms with Crippen LogP contribution in [-0.2, 0) is 6.18 Å². The Bertz CT molecular complexity index is 1100. The van der Waals surface area contributed by atoms with E-state index in [9.17, 15) is 27.2 Å². The molecule has 10 heteroatoms. The molecule has 0 radical (unpaired) electrons. The van der Waals surface area contributed by atoms with Crippen LogP contribution in [0, 0.1) is 5.82 Å². The summed E-state index contributed by atoms with van der Waals surface area (Å²) in [5.74, 6) is -2.52. The lowest BCUT2D eigenvalue weighted by atomic mass is 10.1. The molecule has 0 unspecified atom stereocenters. The van der Waals surface area contributed by atoms with Crippen LogP contribution in [0.15, 0.2) is 60.8 Å². The van der Waals surface area contributed by atoms with Gasteiger partial charge in [-0.25, -0.2) is 9.37 Å². The summed E-state index contributed by atoms with van der Waals surface area (Å²) in [5, 5.41) is 2.36. The van der Waals surface area contributed by atoms with Crippen LogP contribution in [-0.4, -0.2) is 16.8 Å². The van der Waals surface area contributed by atoms with Crippen molar-refractivity contribution in [1.29, 1.82) is 0 Å². The Morgan fingerprint density at radius 2 is 1.77 bits per heavy atom. The average molecular weight is 419 g/mol. The van der Waals surface area contributed by atoms with E-state index < -0.39 is 29.4 Å². The number of nitrogens with one attached hydrogen (secondary N) is 1. The van der Waals surface area contributed by atoms with Gasteiger partial charge in [-0.1, -0.05) is 6.07 Å². The van der Waals surface area contributed by atoms with E-state index in [1.54, 1.807) is 12.1 Å². The Balaban J connectivity index is 1.71. The third-order valence-electron chi connectivity index (χ3n) is 3.87. The topological polar surface area (TPSA) is 94.3 Å². The molecule has 2 amide bonds. The molecule has 0 aliphatic heterocycles. The molecule has 0 saturated carbocycles. The number of benzene rings is 2. The fourth-order valence-electron chi connectivity index (χ4n) is 2.44. The summed E-state index contributed by atoms with van der Waals surface area (Å²) < 4.78 is 57.2. The number of ether oxygens (including phenoxy) is 1. The molecular formula is C20H13F4N3O3. The van der Waals surface area contributed by atoms with E-state index in [0.717, 1.165) is 6.07 Å². The summed E-state index contributed by atoms with van der Waals surface area (Å²) in [4.78, 5) is 27.3. The Labute approximate surface area is 167 Å². The van der Waals surface area contributed by atoms with Crippen molar-refractivity contribution in [2.45, 2.75) is 6.18 Å². The number of anilines is 1. The lowest BCUT2D eigenvalue weighted by Crippen LogP contribution is -2.15. The molecule has 3 rings (SSSR count). The number of nitrogens with zero attached hydrogens (tertiary/aromatic N) is 1. The second-order valence-electron chi connectivity index (χ2n) is 6.03. The zero-order chi connectivity index (χ0) is 21.9. The summed E-state index contributed by atoms with van der Waals surface area (Å²) in [7, 11) is 0. The average Bonchev–Trinajstić information content (AvgIpc) is 2.69. The van der Waals surface area contributed by atoms with Gasteiger partial charge in [-0.3, -0.25) is 9.59 Å². The van der Waals surface area contributed by atoms with Gasteiger partial charge in [0.05, 0.1) is 17.4 Å². The van der Waals surface area contributed by atoms with E-state index in [-0.39, 0.29) is 22.7 Å². The molecule has 0 spiro atoms. The number of rotatable bonds is 5. The van der Waals surface area contributed by atoms with Crippen LogP contribution >= 0.6 is 0 Å². The first-order valence-electron chi connectivity index (χ1n) is 8.35. The maximum absolute atomic E-state index is 13.3. The molecule has 6 nitrogen and oxygen atoms in total. The van der Waals surface area contributed by atoms with E-state index in [2.05, 4.69) is 10.3 Å². The minimum atomic E-state index is -4.92. The number of halogens is 4.